The summed E-state index contributed by atoms with van der Waals surface area (Å²) in [7, 11) is 0. The van der Waals surface area contributed by atoms with Crippen molar-refractivity contribution in [1.29, 1.82) is 0 Å². The van der Waals surface area contributed by atoms with Gasteiger partial charge >= 0.3 is 0 Å². The number of imidazole rings is 1. The summed E-state index contributed by atoms with van der Waals surface area (Å²) < 4.78 is 3.89. The molecule has 0 saturated carbocycles. The van der Waals surface area contributed by atoms with Crippen molar-refractivity contribution in [3.63, 3.8) is 0 Å². The average molecular weight is 382 g/mol. The molecule has 0 fully saturated rings. The lowest BCUT2D eigenvalue weighted by atomic mass is 10.1. The number of carboxylic acid groups (broad SMARTS) is 1. The summed E-state index contributed by atoms with van der Waals surface area (Å²) in [6.07, 6.45) is 6.19. The minimum absolute atomic E-state index is 0.120. The molecule has 28 heavy (non-hydrogen) atoms. The summed E-state index contributed by atoms with van der Waals surface area (Å²) in [6, 6.07) is 9.94. The third-order valence-electron chi connectivity index (χ3n) is 4.62. The van der Waals surface area contributed by atoms with Crippen molar-refractivity contribution >= 4 is 12.4 Å². The molecule has 3 aromatic rings. The molecule has 9 nitrogen and oxygen atoms in total. The number of benzene rings is 1. The van der Waals surface area contributed by atoms with Crippen LogP contribution in [0.25, 0.3) is 0 Å². The van der Waals surface area contributed by atoms with E-state index in [2.05, 4.69) is 27.3 Å². The second-order valence-electron chi connectivity index (χ2n) is 6.41. The quantitative estimate of drug-likeness (QED) is 0.668. The first-order valence-electron chi connectivity index (χ1n) is 8.93. The van der Waals surface area contributed by atoms with Gasteiger partial charge in [-0.05, 0) is 18.9 Å². The predicted molar refractivity (Wildman–Crippen MR) is 100 cm³/mol. The third-order valence-corrected chi connectivity index (χ3v) is 4.62. The Morgan fingerprint density at radius 3 is 2.68 bits per heavy atom. The van der Waals surface area contributed by atoms with Gasteiger partial charge in [-0.25, -0.2) is 4.98 Å². The van der Waals surface area contributed by atoms with Crippen LogP contribution in [0.2, 0.25) is 0 Å². The SMILES string of the molecule is C[C@H]1C(=O)N(CCc2ccccc2)Cc2nnc(Cn3ccnc3)n21.O=CO. The molecule has 1 N–H and O–H groups in total. The normalized spacial score (nSPS) is 15.5. The summed E-state index contributed by atoms with van der Waals surface area (Å²) in [4.78, 5) is 27.1. The van der Waals surface area contributed by atoms with Crippen molar-refractivity contribution in [3.8, 4) is 0 Å². The Bertz CT molecular complexity index is 907. The van der Waals surface area contributed by atoms with E-state index in [-0.39, 0.29) is 18.4 Å². The summed E-state index contributed by atoms with van der Waals surface area (Å²) in [5.74, 6) is 1.75. The van der Waals surface area contributed by atoms with Crippen LogP contribution >= 0.6 is 0 Å². The number of carbonyl (C=O) groups excluding carboxylic acids is 1. The highest BCUT2D eigenvalue weighted by Crippen LogP contribution is 2.23. The molecule has 0 aliphatic carbocycles. The first-order chi connectivity index (χ1) is 13.6. The van der Waals surface area contributed by atoms with Crippen LogP contribution in [0.3, 0.4) is 0 Å². The number of hydrogen-bond donors (Lipinski definition) is 1. The van der Waals surface area contributed by atoms with Gasteiger partial charge in [-0.3, -0.25) is 14.2 Å². The van der Waals surface area contributed by atoms with Crippen molar-refractivity contribution in [2.75, 3.05) is 6.54 Å². The van der Waals surface area contributed by atoms with Crippen molar-refractivity contribution in [3.05, 3.63) is 66.3 Å². The lowest BCUT2D eigenvalue weighted by Crippen LogP contribution is -2.43. The van der Waals surface area contributed by atoms with E-state index in [1.165, 1.54) is 5.56 Å². The highest BCUT2D eigenvalue weighted by molar-refractivity contribution is 5.81. The van der Waals surface area contributed by atoms with E-state index in [9.17, 15) is 4.79 Å². The molecule has 2 aromatic heterocycles. The summed E-state index contributed by atoms with van der Waals surface area (Å²) in [6.45, 7) is 3.43. The maximum atomic E-state index is 12.8. The molecule has 1 aliphatic rings. The third kappa shape index (κ3) is 4.25. The van der Waals surface area contributed by atoms with E-state index in [1.54, 1.807) is 12.5 Å². The molecule has 9 heteroatoms. The Hall–Kier alpha value is -3.49. The minimum Gasteiger partial charge on any atom is -0.483 e. The zero-order valence-corrected chi connectivity index (χ0v) is 15.5. The van der Waals surface area contributed by atoms with Crippen LogP contribution in [-0.2, 0) is 29.1 Å². The Morgan fingerprint density at radius 1 is 1.25 bits per heavy atom. The molecular weight excluding hydrogens is 360 g/mol. The lowest BCUT2D eigenvalue weighted by molar-refractivity contribution is -0.137. The number of amides is 1. The number of aromatic nitrogens is 5. The zero-order chi connectivity index (χ0) is 19.9. The summed E-state index contributed by atoms with van der Waals surface area (Å²) in [5, 5.41) is 15.5. The summed E-state index contributed by atoms with van der Waals surface area (Å²) >= 11 is 0. The number of hydrogen-bond acceptors (Lipinski definition) is 5. The largest absolute Gasteiger partial charge is 0.483 e. The van der Waals surface area contributed by atoms with Gasteiger partial charge in [0.05, 0.1) is 19.4 Å². The molecular formula is C19H22N6O3. The number of rotatable bonds is 5. The Morgan fingerprint density at radius 2 is 2.00 bits per heavy atom. The van der Waals surface area contributed by atoms with E-state index in [4.69, 9.17) is 9.90 Å². The summed E-state index contributed by atoms with van der Waals surface area (Å²) in [5.41, 5.74) is 1.23. The Kier molecular flexibility index (Phi) is 6.15. The van der Waals surface area contributed by atoms with Crippen LogP contribution in [0.4, 0.5) is 0 Å². The molecule has 146 valence electrons. The standard InChI is InChI=1S/C18H20N6O.CH2O2/c1-14-18(25)23(9-7-15-5-3-2-4-6-15)12-17-21-20-16(24(14)17)11-22-10-8-19-13-22;2-1-3/h2-6,8,10,13-14H,7,9,11-12H2,1H3;1H,(H,2,3)/t14-;/m0./s1. The van der Waals surface area contributed by atoms with Gasteiger partial charge in [0.15, 0.2) is 11.6 Å². The molecule has 1 aliphatic heterocycles. The van der Waals surface area contributed by atoms with E-state index in [0.29, 0.717) is 19.6 Å². The van der Waals surface area contributed by atoms with Gasteiger partial charge in [-0.15, -0.1) is 10.2 Å². The fraction of sp³-hybridized carbons (Fsp3) is 0.316. The van der Waals surface area contributed by atoms with Crippen LogP contribution in [0, 0.1) is 0 Å². The lowest BCUT2D eigenvalue weighted by Gasteiger charge is -2.32. The van der Waals surface area contributed by atoms with Crippen molar-refractivity contribution in [1.82, 2.24) is 29.2 Å². The topological polar surface area (TPSA) is 106 Å². The molecule has 1 amide bonds. The van der Waals surface area contributed by atoms with Gasteiger partial charge in [-0.2, -0.15) is 0 Å². The maximum Gasteiger partial charge on any atom is 0.290 e. The molecule has 0 bridgehead atoms. The minimum atomic E-state index is -0.284. The van der Waals surface area contributed by atoms with Crippen LogP contribution in [0.1, 0.15) is 30.2 Å². The average Bonchev–Trinajstić information content (AvgIpc) is 3.35. The smallest absolute Gasteiger partial charge is 0.290 e. The number of carbonyl (C=O) groups is 2. The van der Waals surface area contributed by atoms with Crippen LogP contribution in [0.15, 0.2) is 49.1 Å². The molecule has 0 unspecified atom stereocenters. The van der Waals surface area contributed by atoms with Crippen LogP contribution < -0.4 is 0 Å². The van der Waals surface area contributed by atoms with Crippen LogP contribution in [-0.4, -0.2) is 53.2 Å². The Balaban J connectivity index is 0.000000706. The second kappa shape index (κ2) is 8.94. The fourth-order valence-corrected chi connectivity index (χ4v) is 3.29. The van der Waals surface area contributed by atoms with Gasteiger partial charge in [0.25, 0.3) is 6.47 Å². The number of nitrogens with zero attached hydrogens (tertiary/aromatic N) is 6. The molecule has 1 aromatic carbocycles. The molecule has 3 heterocycles. The predicted octanol–water partition coefficient (Wildman–Crippen LogP) is 1.37. The number of fused-ring (bicyclic) bond motifs is 1. The maximum absolute atomic E-state index is 12.8. The molecule has 1 atom stereocenters. The first kappa shape index (κ1) is 19.3. The van der Waals surface area contributed by atoms with Gasteiger partial charge in [0.1, 0.15) is 6.04 Å². The van der Waals surface area contributed by atoms with Crippen molar-refractivity contribution in [2.45, 2.75) is 32.5 Å². The van der Waals surface area contributed by atoms with E-state index >= 15 is 0 Å². The molecule has 0 spiro atoms. The van der Waals surface area contributed by atoms with Crippen LogP contribution in [0.5, 0.6) is 0 Å². The van der Waals surface area contributed by atoms with E-state index < -0.39 is 0 Å². The first-order valence-corrected chi connectivity index (χ1v) is 8.93. The molecule has 0 radical (unpaired) electrons. The Labute approximate surface area is 162 Å². The monoisotopic (exact) mass is 382 g/mol. The highest BCUT2D eigenvalue weighted by atomic mass is 16.3. The molecule has 4 rings (SSSR count). The van der Waals surface area contributed by atoms with Crippen molar-refractivity contribution < 1.29 is 14.7 Å². The zero-order valence-electron chi connectivity index (χ0n) is 15.5. The van der Waals surface area contributed by atoms with Crippen molar-refractivity contribution in [2.24, 2.45) is 0 Å². The fourth-order valence-electron chi connectivity index (χ4n) is 3.29. The van der Waals surface area contributed by atoms with Gasteiger partial charge in [0, 0.05) is 18.9 Å². The second-order valence-corrected chi connectivity index (χ2v) is 6.41. The van der Waals surface area contributed by atoms with E-state index in [1.807, 2.05) is 45.4 Å². The molecule has 0 saturated heterocycles. The van der Waals surface area contributed by atoms with Gasteiger partial charge < -0.3 is 14.6 Å². The van der Waals surface area contributed by atoms with E-state index in [0.717, 1.165) is 18.1 Å². The highest BCUT2D eigenvalue weighted by Gasteiger charge is 2.32. The van der Waals surface area contributed by atoms with Gasteiger partial charge in [0.2, 0.25) is 5.91 Å². The van der Waals surface area contributed by atoms with Gasteiger partial charge in [-0.1, -0.05) is 30.3 Å².